The summed E-state index contributed by atoms with van der Waals surface area (Å²) in [6.45, 7) is 5.55. The van der Waals surface area contributed by atoms with Gasteiger partial charge in [-0.05, 0) is 44.6 Å². The summed E-state index contributed by atoms with van der Waals surface area (Å²) >= 11 is 0. The van der Waals surface area contributed by atoms with Crippen molar-refractivity contribution in [1.82, 2.24) is 5.32 Å². The molecule has 0 aromatic heterocycles. The minimum absolute atomic E-state index is 0.112. The van der Waals surface area contributed by atoms with Crippen molar-refractivity contribution in [3.63, 3.8) is 0 Å². The highest BCUT2D eigenvalue weighted by Gasteiger charge is 2.44. The molecule has 112 valence electrons. The van der Waals surface area contributed by atoms with Gasteiger partial charge < -0.3 is 10.1 Å². The standard InChI is InChI=1S/C14H27NO3S/c1-14(2)7-4-12(15-3)13(10-14)19(16,17)11-5-8-18-9-6-11/h11-13,15H,4-10H2,1-3H3. The van der Waals surface area contributed by atoms with E-state index >= 15 is 0 Å². The van der Waals surface area contributed by atoms with Crippen LogP contribution in [0.15, 0.2) is 0 Å². The van der Waals surface area contributed by atoms with Crippen molar-refractivity contribution >= 4 is 9.84 Å². The van der Waals surface area contributed by atoms with Crippen LogP contribution in [-0.2, 0) is 14.6 Å². The zero-order valence-electron chi connectivity index (χ0n) is 12.3. The minimum atomic E-state index is -3.06. The predicted molar refractivity (Wildman–Crippen MR) is 77.0 cm³/mol. The first kappa shape index (κ1) is 15.3. The molecule has 4 nitrogen and oxygen atoms in total. The van der Waals surface area contributed by atoms with Crippen LogP contribution in [0.2, 0.25) is 0 Å². The molecule has 1 aliphatic heterocycles. The lowest BCUT2D eigenvalue weighted by atomic mass is 9.75. The maximum Gasteiger partial charge on any atom is 0.157 e. The highest BCUT2D eigenvalue weighted by atomic mass is 32.2. The predicted octanol–water partition coefficient (Wildman–Crippen LogP) is 1.75. The molecule has 1 aliphatic carbocycles. The van der Waals surface area contributed by atoms with Crippen LogP contribution in [0.3, 0.4) is 0 Å². The van der Waals surface area contributed by atoms with Crippen LogP contribution in [0.1, 0.15) is 46.0 Å². The Kier molecular flexibility index (Phi) is 4.58. The Balaban J connectivity index is 2.19. The van der Waals surface area contributed by atoms with Crippen LogP contribution >= 0.6 is 0 Å². The summed E-state index contributed by atoms with van der Waals surface area (Å²) in [5.41, 5.74) is 0.135. The van der Waals surface area contributed by atoms with Crippen molar-refractivity contribution in [2.24, 2.45) is 5.41 Å². The van der Waals surface area contributed by atoms with Crippen molar-refractivity contribution in [2.45, 2.75) is 62.5 Å². The average molecular weight is 289 g/mol. The second kappa shape index (κ2) is 5.70. The molecule has 0 bridgehead atoms. The molecule has 1 saturated heterocycles. The molecule has 0 aromatic carbocycles. The van der Waals surface area contributed by atoms with E-state index in [-0.39, 0.29) is 22.0 Å². The number of rotatable bonds is 3. The first-order chi connectivity index (χ1) is 8.87. The number of sulfone groups is 1. The molecule has 2 unspecified atom stereocenters. The highest BCUT2D eigenvalue weighted by molar-refractivity contribution is 7.92. The van der Waals surface area contributed by atoms with Gasteiger partial charge in [0.1, 0.15) is 0 Å². The van der Waals surface area contributed by atoms with Gasteiger partial charge in [0, 0.05) is 19.3 Å². The van der Waals surface area contributed by atoms with E-state index in [0.717, 1.165) is 19.3 Å². The van der Waals surface area contributed by atoms with Gasteiger partial charge in [-0.25, -0.2) is 8.42 Å². The van der Waals surface area contributed by atoms with E-state index in [9.17, 15) is 8.42 Å². The van der Waals surface area contributed by atoms with Gasteiger partial charge in [-0.15, -0.1) is 0 Å². The lowest BCUT2D eigenvalue weighted by Crippen LogP contribution is -2.52. The second-order valence-corrected chi connectivity index (χ2v) is 9.19. The van der Waals surface area contributed by atoms with Gasteiger partial charge in [-0.3, -0.25) is 0 Å². The summed E-state index contributed by atoms with van der Waals surface area (Å²) in [6.07, 6.45) is 4.15. The quantitative estimate of drug-likeness (QED) is 0.860. The molecule has 2 fully saturated rings. The van der Waals surface area contributed by atoms with Gasteiger partial charge in [-0.2, -0.15) is 0 Å². The topological polar surface area (TPSA) is 55.4 Å². The number of nitrogens with one attached hydrogen (secondary N) is 1. The Morgan fingerprint density at radius 2 is 1.79 bits per heavy atom. The Hall–Kier alpha value is -0.130. The molecule has 2 atom stereocenters. The molecule has 2 rings (SSSR count). The second-order valence-electron chi connectivity index (χ2n) is 6.74. The number of hydrogen-bond donors (Lipinski definition) is 1. The molecular weight excluding hydrogens is 262 g/mol. The van der Waals surface area contributed by atoms with Gasteiger partial charge in [0.05, 0.1) is 10.5 Å². The molecule has 2 aliphatic rings. The molecule has 0 aromatic rings. The fourth-order valence-corrected chi connectivity index (χ4v) is 6.21. The normalized spacial score (nSPS) is 33.2. The summed E-state index contributed by atoms with van der Waals surface area (Å²) < 4.78 is 31.1. The van der Waals surface area contributed by atoms with E-state index in [1.807, 2.05) is 7.05 Å². The van der Waals surface area contributed by atoms with E-state index < -0.39 is 9.84 Å². The van der Waals surface area contributed by atoms with E-state index in [1.165, 1.54) is 0 Å². The molecule has 5 heteroatoms. The van der Waals surface area contributed by atoms with Crippen LogP contribution in [-0.4, -0.2) is 45.2 Å². The van der Waals surface area contributed by atoms with E-state index in [4.69, 9.17) is 4.74 Å². The largest absolute Gasteiger partial charge is 0.381 e. The van der Waals surface area contributed by atoms with Crippen LogP contribution < -0.4 is 5.32 Å². The molecule has 1 N–H and O–H groups in total. The van der Waals surface area contributed by atoms with Crippen LogP contribution in [0.5, 0.6) is 0 Å². The smallest absolute Gasteiger partial charge is 0.157 e. The minimum Gasteiger partial charge on any atom is -0.381 e. The van der Waals surface area contributed by atoms with Gasteiger partial charge >= 0.3 is 0 Å². The summed E-state index contributed by atoms with van der Waals surface area (Å²) in [5.74, 6) is 0. The molecule has 0 spiro atoms. The fourth-order valence-electron chi connectivity index (χ4n) is 3.45. The molecule has 0 amide bonds. The van der Waals surface area contributed by atoms with Crippen molar-refractivity contribution in [3.05, 3.63) is 0 Å². The summed E-state index contributed by atoms with van der Waals surface area (Å²) in [5, 5.41) is 2.80. The van der Waals surface area contributed by atoms with Crippen molar-refractivity contribution in [3.8, 4) is 0 Å². The molecule has 19 heavy (non-hydrogen) atoms. The van der Waals surface area contributed by atoms with Crippen LogP contribution in [0.4, 0.5) is 0 Å². The monoisotopic (exact) mass is 289 g/mol. The van der Waals surface area contributed by atoms with E-state index in [0.29, 0.717) is 26.1 Å². The Labute approximate surface area is 117 Å². The number of ether oxygens (including phenoxy) is 1. The third kappa shape index (κ3) is 3.31. The van der Waals surface area contributed by atoms with Crippen molar-refractivity contribution in [1.29, 1.82) is 0 Å². The third-order valence-corrected chi connectivity index (χ3v) is 7.50. The Morgan fingerprint density at radius 3 is 2.37 bits per heavy atom. The molecule has 1 saturated carbocycles. The Morgan fingerprint density at radius 1 is 1.16 bits per heavy atom. The molecular formula is C14H27NO3S. The maximum atomic E-state index is 12.9. The summed E-state index contributed by atoms with van der Waals surface area (Å²) in [7, 11) is -1.18. The van der Waals surface area contributed by atoms with Crippen LogP contribution in [0, 0.1) is 5.41 Å². The Bertz CT molecular complexity index is 399. The van der Waals surface area contributed by atoms with Crippen molar-refractivity contribution in [2.75, 3.05) is 20.3 Å². The third-order valence-electron chi connectivity index (χ3n) is 4.76. The van der Waals surface area contributed by atoms with Crippen molar-refractivity contribution < 1.29 is 13.2 Å². The van der Waals surface area contributed by atoms with E-state index in [2.05, 4.69) is 19.2 Å². The first-order valence-corrected chi connectivity index (χ1v) is 8.95. The molecule has 1 heterocycles. The van der Waals surface area contributed by atoms with E-state index in [1.54, 1.807) is 0 Å². The lowest BCUT2D eigenvalue weighted by Gasteiger charge is -2.42. The summed E-state index contributed by atoms with van der Waals surface area (Å²) in [4.78, 5) is 0. The summed E-state index contributed by atoms with van der Waals surface area (Å²) in [6, 6.07) is 0.112. The average Bonchev–Trinajstić information content (AvgIpc) is 2.39. The zero-order chi connectivity index (χ0) is 14.1. The fraction of sp³-hybridized carbons (Fsp3) is 1.00. The SMILES string of the molecule is CNC1CCC(C)(C)CC1S(=O)(=O)C1CCOCC1. The van der Waals surface area contributed by atoms with Crippen LogP contribution in [0.25, 0.3) is 0 Å². The lowest BCUT2D eigenvalue weighted by molar-refractivity contribution is 0.0976. The first-order valence-electron chi connectivity index (χ1n) is 7.34. The number of hydrogen-bond acceptors (Lipinski definition) is 4. The van der Waals surface area contributed by atoms with Gasteiger partial charge in [-0.1, -0.05) is 13.8 Å². The zero-order valence-corrected chi connectivity index (χ0v) is 13.1. The molecule has 0 radical (unpaired) electrons. The maximum absolute atomic E-state index is 12.9. The van der Waals surface area contributed by atoms with Gasteiger partial charge in [0.2, 0.25) is 0 Å². The van der Waals surface area contributed by atoms with Gasteiger partial charge in [0.15, 0.2) is 9.84 Å². The van der Waals surface area contributed by atoms with Gasteiger partial charge in [0.25, 0.3) is 0 Å². The highest BCUT2D eigenvalue weighted by Crippen LogP contribution is 2.40.